The number of aryl methyl sites for hydroxylation is 1. The summed E-state index contributed by atoms with van der Waals surface area (Å²) in [7, 11) is 0. The number of aromatic nitrogens is 4. The Morgan fingerprint density at radius 3 is 2.96 bits per heavy atom. The van der Waals surface area contributed by atoms with Crippen LogP contribution in [0.5, 0.6) is 0 Å². The molecule has 2 aromatic heterocycles. The summed E-state index contributed by atoms with van der Waals surface area (Å²) in [6, 6.07) is 9.45. The van der Waals surface area contributed by atoms with E-state index in [0.29, 0.717) is 12.1 Å². The number of anilines is 1. The number of thioether (sulfide) groups is 1. The summed E-state index contributed by atoms with van der Waals surface area (Å²) in [5, 5.41) is 5.05. The Morgan fingerprint density at radius 2 is 2.17 bits per heavy atom. The maximum absolute atomic E-state index is 13.0. The van der Waals surface area contributed by atoms with E-state index in [1.54, 1.807) is 29.0 Å². The van der Waals surface area contributed by atoms with Crippen molar-refractivity contribution in [1.29, 1.82) is 0 Å². The highest BCUT2D eigenvalue weighted by atomic mass is 32.2. The van der Waals surface area contributed by atoms with Crippen molar-refractivity contribution in [3.05, 3.63) is 60.3 Å². The number of benzene rings is 1. The highest BCUT2D eigenvalue weighted by molar-refractivity contribution is 7.99. The molecule has 3 heterocycles. The van der Waals surface area contributed by atoms with E-state index in [-0.39, 0.29) is 5.91 Å². The minimum absolute atomic E-state index is 0.00205. The lowest BCUT2D eigenvalue weighted by Gasteiger charge is -2.28. The van der Waals surface area contributed by atoms with Gasteiger partial charge in [0, 0.05) is 24.1 Å². The van der Waals surface area contributed by atoms with Crippen molar-refractivity contribution >= 4 is 23.4 Å². The Bertz CT molecular complexity index is 894. The molecule has 1 aliphatic heterocycles. The van der Waals surface area contributed by atoms with Crippen LogP contribution in [0.4, 0.5) is 5.69 Å². The molecule has 0 spiro atoms. The summed E-state index contributed by atoms with van der Waals surface area (Å²) in [6.45, 7) is 2.65. The predicted molar refractivity (Wildman–Crippen MR) is 92.7 cm³/mol. The quantitative estimate of drug-likeness (QED) is 0.719. The summed E-state index contributed by atoms with van der Waals surface area (Å²) in [5.41, 5.74) is 3.44. The Hall–Kier alpha value is -2.67. The van der Waals surface area contributed by atoms with Gasteiger partial charge in [-0.1, -0.05) is 0 Å². The first-order chi connectivity index (χ1) is 11.7. The SMILES string of the molecule is Cc1cc(C(=O)N2CCSc3ncccc32)ccc1-n1cncn1. The van der Waals surface area contributed by atoms with Crippen LogP contribution in [0, 0.1) is 6.92 Å². The molecule has 0 saturated heterocycles. The van der Waals surface area contributed by atoms with Gasteiger partial charge in [0.15, 0.2) is 0 Å². The van der Waals surface area contributed by atoms with Gasteiger partial charge in [0.25, 0.3) is 5.91 Å². The van der Waals surface area contributed by atoms with Crippen LogP contribution in [0.15, 0.2) is 54.2 Å². The van der Waals surface area contributed by atoms with Crippen LogP contribution >= 0.6 is 11.8 Å². The summed E-state index contributed by atoms with van der Waals surface area (Å²) >= 11 is 1.69. The minimum atomic E-state index is -0.00205. The zero-order chi connectivity index (χ0) is 16.5. The molecular weight excluding hydrogens is 322 g/mol. The zero-order valence-electron chi connectivity index (χ0n) is 13.1. The monoisotopic (exact) mass is 337 g/mol. The molecule has 4 rings (SSSR count). The molecule has 7 heteroatoms. The number of carbonyl (C=O) groups is 1. The van der Waals surface area contributed by atoms with Crippen molar-refractivity contribution in [3.8, 4) is 5.69 Å². The fourth-order valence-corrected chi connectivity index (χ4v) is 3.73. The van der Waals surface area contributed by atoms with Gasteiger partial charge in [0.05, 0.1) is 11.4 Å². The second kappa shape index (κ2) is 6.09. The van der Waals surface area contributed by atoms with Gasteiger partial charge < -0.3 is 4.90 Å². The maximum atomic E-state index is 13.0. The average molecular weight is 337 g/mol. The lowest BCUT2D eigenvalue weighted by Crippen LogP contribution is -2.35. The van der Waals surface area contributed by atoms with Crippen LogP contribution in [0.1, 0.15) is 15.9 Å². The molecule has 0 radical (unpaired) electrons. The first kappa shape index (κ1) is 14.9. The van der Waals surface area contributed by atoms with Gasteiger partial charge in [0.2, 0.25) is 0 Å². The minimum Gasteiger partial charge on any atom is -0.305 e. The third-order valence-electron chi connectivity index (χ3n) is 3.95. The Morgan fingerprint density at radius 1 is 1.25 bits per heavy atom. The Labute approximate surface area is 143 Å². The second-order valence-electron chi connectivity index (χ2n) is 5.47. The molecule has 0 saturated carbocycles. The molecule has 0 fully saturated rings. The molecule has 0 atom stereocenters. The van der Waals surface area contributed by atoms with Crippen molar-refractivity contribution in [2.24, 2.45) is 0 Å². The molecule has 3 aromatic rings. The summed E-state index contributed by atoms with van der Waals surface area (Å²) < 4.78 is 1.69. The van der Waals surface area contributed by atoms with E-state index >= 15 is 0 Å². The normalized spacial score (nSPS) is 13.6. The fraction of sp³-hybridized carbons (Fsp3) is 0.176. The van der Waals surface area contributed by atoms with Gasteiger partial charge in [-0.15, -0.1) is 11.8 Å². The lowest BCUT2D eigenvalue weighted by atomic mass is 10.1. The third kappa shape index (κ3) is 2.56. The Balaban J connectivity index is 1.68. The van der Waals surface area contributed by atoms with Gasteiger partial charge in [0.1, 0.15) is 17.7 Å². The highest BCUT2D eigenvalue weighted by Crippen LogP contribution is 2.33. The fourth-order valence-electron chi connectivity index (χ4n) is 2.80. The maximum Gasteiger partial charge on any atom is 0.258 e. The van der Waals surface area contributed by atoms with Crippen LogP contribution in [0.2, 0.25) is 0 Å². The van der Waals surface area contributed by atoms with Gasteiger partial charge in [-0.3, -0.25) is 4.79 Å². The molecule has 0 aliphatic carbocycles. The summed E-state index contributed by atoms with van der Waals surface area (Å²) in [6.07, 6.45) is 4.90. The number of hydrogen-bond donors (Lipinski definition) is 0. The molecule has 24 heavy (non-hydrogen) atoms. The molecule has 0 unspecified atom stereocenters. The molecule has 120 valence electrons. The molecule has 0 N–H and O–H groups in total. The van der Waals surface area contributed by atoms with E-state index in [4.69, 9.17) is 0 Å². The molecule has 6 nitrogen and oxygen atoms in total. The Kier molecular flexibility index (Phi) is 3.78. The van der Waals surface area contributed by atoms with Gasteiger partial charge >= 0.3 is 0 Å². The van der Waals surface area contributed by atoms with Crippen molar-refractivity contribution in [3.63, 3.8) is 0 Å². The first-order valence-electron chi connectivity index (χ1n) is 7.59. The first-order valence-corrected chi connectivity index (χ1v) is 8.58. The number of pyridine rings is 1. The van der Waals surface area contributed by atoms with Gasteiger partial charge in [-0.05, 0) is 42.8 Å². The third-order valence-corrected chi connectivity index (χ3v) is 4.92. The van der Waals surface area contributed by atoms with Crippen molar-refractivity contribution in [2.45, 2.75) is 11.9 Å². The topological polar surface area (TPSA) is 63.9 Å². The van der Waals surface area contributed by atoms with Crippen LogP contribution in [0.3, 0.4) is 0 Å². The van der Waals surface area contributed by atoms with Crippen molar-refractivity contribution < 1.29 is 4.79 Å². The van der Waals surface area contributed by atoms with Gasteiger partial charge in [-0.25, -0.2) is 14.6 Å². The van der Waals surface area contributed by atoms with E-state index in [0.717, 1.165) is 27.7 Å². The second-order valence-corrected chi connectivity index (χ2v) is 6.56. The molecule has 1 aromatic carbocycles. The van der Waals surface area contributed by atoms with Crippen molar-refractivity contribution in [2.75, 3.05) is 17.2 Å². The predicted octanol–water partition coefficient (Wildman–Crippen LogP) is 2.72. The van der Waals surface area contributed by atoms with Crippen LogP contribution in [0.25, 0.3) is 5.69 Å². The number of nitrogens with zero attached hydrogens (tertiary/aromatic N) is 5. The van der Waals surface area contributed by atoms with E-state index in [2.05, 4.69) is 15.1 Å². The number of amides is 1. The van der Waals surface area contributed by atoms with Crippen LogP contribution in [-0.4, -0.2) is 38.0 Å². The van der Waals surface area contributed by atoms with E-state index in [1.165, 1.54) is 6.33 Å². The van der Waals surface area contributed by atoms with E-state index in [9.17, 15) is 4.79 Å². The molecule has 1 aliphatic rings. The number of carbonyl (C=O) groups excluding carboxylic acids is 1. The number of fused-ring (bicyclic) bond motifs is 1. The molecular formula is C17H15N5OS. The van der Waals surface area contributed by atoms with Gasteiger partial charge in [-0.2, -0.15) is 5.10 Å². The van der Waals surface area contributed by atoms with E-state index in [1.807, 2.05) is 42.2 Å². The summed E-state index contributed by atoms with van der Waals surface area (Å²) in [4.78, 5) is 23.1. The lowest BCUT2D eigenvalue weighted by molar-refractivity contribution is 0.0987. The average Bonchev–Trinajstić information content (AvgIpc) is 3.15. The number of rotatable bonds is 2. The summed E-state index contributed by atoms with van der Waals surface area (Å²) in [5.74, 6) is 0.851. The van der Waals surface area contributed by atoms with Crippen LogP contribution < -0.4 is 4.90 Å². The molecule has 0 bridgehead atoms. The van der Waals surface area contributed by atoms with E-state index < -0.39 is 0 Å². The largest absolute Gasteiger partial charge is 0.305 e. The smallest absolute Gasteiger partial charge is 0.258 e. The zero-order valence-corrected chi connectivity index (χ0v) is 13.9. The van der Waals surface area contributed by atoms with Crippen molar-refractivity contribution in [1.82, 2.24) is 19.7 Å². The molecule has 1 amide bonds. The number of hydrogen-bond acceptors (Lipinski definition) is 5. The standard InChI is InChI=1S/C17H15N5OS/c1-12-9-13(4-5-14(12)22-11-18-10-20-22)17(23)21-7-8-24-16-15(21)3-2-6-19-16/h2-6,9-11H,7-8H2,1H3. The van der Waals surface area contributed by atoms with Crippen LogP contribution in [-0.2, 0) is 0 Å². The highest BCUT2D eigenvalue weighted by Gasteiger charge is 2.25.